The summed E-state index contributed by atoms with van der Waals surface area (Å²) >= 11 is 0. The molecule has 0 amide bonds. The van der Waals surface area contributed by atoms with E-state index in [-0.39, 0.29) is 5.97 Å². The van der Waals surface area contributed by atoms with Gasteiger partial charge >= 0.3 is 30.3 Å². The Morgan fingerprint density at radius 1 is 0.897 bits per heavy atom. The highest BCUT2D eigenvalue weighted by Gasteiger charge is 2.38. The van der Waals surface area contributed by atoms with Crippen molar-refractivity contribution in [2.75, 3.05) is 52.5 Å². The van der Waals surface area contributed by atoms with Gasteiger partial charge in [-0.15, -0.1) is 0 Å². The Hall–Kier alpha value is -2.13. The van der Waals surface area contributed by atoms with Crippen LogP contribution in [-0.2, 0) is 23.9 Å². The predicted octanol–water partition coefficient (Wildman–Crippen LogP) is 0.738. The highest BCUT2D eigenvalue weighted by molar-refractivity contribution is 5.73. The maximum absolute atomic E-state index is 10.6. The van der Waals surface area contributed by atoms with E-state index in [4.69, 9.17) is 29.3 Å². The molecule has 9 nitrogen and oxygen atoms in total. The molecule has 3 N–H and O–H groups in total. The summed E-state index contributed by atoms with van der Waals surface area (Å²) in [6.07, 6.45) is -10.2. The van der Waals surface area contributed by atoms with Crippen LogP contribution >= 0.6 is 0 Å². The highest BCUT2D eigenvalue weighted by atomic mass is 19.4. The minimum atomic E-state index is -5.08. The monoisotopic (exact) mass is 444 g/mol. The lowest BCUT2D eigenvalue weighted by molar-refractivity contribution is -0.193. The van der Waals surface area contributed by atoms with Gasteiger partial charge in [-0.25, -0.2) is 9.59 Å². The number of halogens is 6. The molecular formula is C14H22F6N2O7. The maximum Gasteiger partial charge on any atom is 0.490 e. The third kappa shape index (κ3) is 20.4. The van der Waals surface area contributed by atoms with Crippen LogP contribution < -0.4 is 5.32 Å². The molecule has 0 aromatic carbocycles. The fourth-order valence-corrected chi connectivity index (χ4v) is 1.47. The maximum atomic E-state index is 10.6. The van der Waals surface area contributed by atoms with Crippen molar-refractivity contribution in [1.82, 2.24) is 10.2 Å². The van der Waals surface area contributed by atoms with Crippen LogP contribution in [0.15, 0.2) is 0 Å². The summed E-state index contributed by atoms with van der Waals surface area (Å²) in [7, 11) is 0. The minimum absolute atomic E-state index is 0.249. The summed E-state index contributed by atoms with van der Waals surface area (Å²) in [5.74, 6) is -5.76. The third-order valence-corrected chi connectivity index (χ3v) is 2.78. The number of carbonyl (C=O) groups excluding carboxylic acids is 1. The molecule has 172 valence electrons. The van der Waals surface area contributed by atoms with Gasteiger partial charge < -0.3 is 25.0 Å². The second-order valence-electron chi connectivity index (χ2n) is 5.15. The number of carbonyl (C=O) groups is 3. The molecule has 1 rings (SSSR count). The predicted molar refractivity (Wildman–Crippen MR) is 84.1 cm³/mol. The van der Waals surface area contributed by atoms with Crippen LogP contribution in [0.1, 0.15) is 6.92 Å². The van der Waals surface area contributed by atoms with Crippen molar-refractivity contribution < 1.29 is 60.4 Å². The first-order chi connectivity index (χ1) is 13.2. The average Bonchev–Trinajstić information content (AvgIpc) is 2.58. The van der Waals surface area contributed by atoms with Crippen LogP contribution in [0.5, 0.6) is 0 Å². The molecule has 0 aromatic rings. The van der Waals surface area contributed by atoms with Crippen LogP contribution in [0, 0.1) is 0 Å². The van der Waals surface area contributed by atoms with E-state index in [9.17, 15) is 31.1 Å². The molecule has 1 heterocycles. The zero-order valence-corrected chi connectivity index (χ0v) is 15.3. The number of hydrogen-bond acceptors (Lipinski definition) is 7. The number of ether oxygens (including phenoxy) is 2. The number of rotatable bonds is 6. The van der Waals surface area contributed by atoms with Crippen molar-refractivity contribution in [2.45, 2.75) is 19.3 Å². The number of carboxylic acids is 2. The summed E-state index contributed by atoms with van der Waals surface area (Å²) in [6, 6.07) is 0. The van der Waals surface area contributed by atoms with Crippen LogP contribution in [0.2, 0.25) is 0 Å². The zero-order valence-electron chi connectivity index (χ0n) is 15.3. The molecule has 1 fully saturated rings. The molecule has 0 aliphatic carbocycles. The number of esters is 1. The molecule has 0 aromatic heterocycles. The zero-order chi connectivity index (χ0) is 23.1. The number of piperazine rings is 1. The second kappa shape index (κ2) is 14.8. The molecular weight excluding hydrogens is 422 g/mol. The van der Waals surface area contributed by atoms with Crippen LogP contribution in [0.3, 0.4) is 0 Å². The summed E-state index contributed by atoms with van der Waals surface area (Å²) in [4.78, 5) is 30.6. The Labute approximate surface area is 161 Å². The van der Waals surface area contributed by atoms with E-state index in [0.29, 0.717) is 19.8 Å². The molecule has 0 spiro atoms. The first kappa shape index (κ1) is 29.1. The van der Waals surface area contributed by atoms with Gasteiger partial charge in [-0.2, -0.15) is 26.3 Å². The molecule has 29 heavy (non-hydrogen) atoms. The van der Waals surface area contributed by atoms with Crippen molar-refractivity contribution >= 4 is 17.9 Å². The Morgan fingerprint density at radius 3 is 1.66 bits per heavy atom. The lowest BCUT2D eigenvalue weighted by Gasteiger charge is -2.26. The normalized spacial score (nSPS) is 14.6. The smallest absolute Gasteiger partial charge is 0.475 e. The van der Waals surface area contributed by atoms with Crippen LogP contribution in [-0.4, -0.2) is 97.9 Å². The van der Waals surface area contributed by atoms with Gasteiger partial charge in [0.05, 0.1) is 13.2 Å². The molecule has 0 unspecified atom stereocenters. The first-order valence-corrected chi connectivity index (χ1v) is 7.92. The minimum Gasteiger partial charge on any atom is -0.475 e. The third-order valence-electron chi connectivity index (χ3n) is 2.78. The van der Waals surface area contributed by atoms with Crippen LogP contribution in [0.4, 0.5) is 26.3 Å². The number of nitrogens with one attached hydrogen (secondary N) is 1. The topological polar surface area (TPSA) is 125 Å². The largest absolute Gasteiger partial charge is 0.490 e. The number of nitrogens with zero attached hydrogens (tertiary/aromatic N) is 1. The van der Waals surface area contributed by atoms with Gasteiger partial charge in [0.15, 0.2) is 0 Å². The Morgan fingerprint density at radius 2 is 1.31 bits per heavy atom. The lowest BCUT2D eigenvalue weighted by atomic mass is 10.4. The van der Waals surface area contributed by atoms with Gasteiger partial charge in [-0.3, -0.25) is 9.69 Å². The lowest BCUT2D eigenvalue weighted by Crippen LogP contribution is -2.44. The molecule has 0 bridgehead atoms. The van der Waals surface area contributed by atoms with Crippen molar-refractivity contribution in [3.8, 4) is 0 Å². The van der Waals surface area contributed by atoms with Crippen molar-refractivity contribution in [3.63, 3.8) is 0 Å². The fraction of sp³-hybridized carbons (Fsp3) is 0.786. The standard InChI is InChI=1S/C10H20N2O3.2C2HF3O2/c1-10(13)15-9-8-14-7-6-12-4-2-11-3-5-12;2*3-2(4,5)1(6)7/h11H,2-9H2,1H3;2*(H,6,7). The Bertz CT molecular complexity index is 470. The molecule has 15 heteroatoms. The molecule has 1 aliphatic rings. The fourth-order valence-electron chi connectivity index (χ4n) is 1.47. The Balaban J connectivity index is 0. The van der Waals surface area contributed by atoms with E-state index < -0.39 is 24.3 Å². The van der Waals surface area contributed by atoms with Crippen LogP contribution in [0.25, 0.3) is 0 Å². The van der Waals surface area contributed by atoms with E-state index >= 15 is 0 Å². The highest BCUT2D eigenvalue weighted by Crippen LogP contribution is 2.13. The van der Waals surface area contributed by atoms with E-state index in [1.807, 2.05) is 0 Å². The second-order valence-corrected chi connectivity index (χ2v) is 5.15. The van der Waals surface area contributed by atoms with Gasteiger partial charge in [0.1, 0.15) is 6.61 Å². The summed E-state index contributed by atoms with van der Waals surface area (Å²) in [6.45, 7) is 8.23. The van der Waals surface area contributed by atoms with E-state index in [1.165, 1.54) is 6.92 Å². The van der Waals surface area contributed by atoms with Crippen molar-refractivity contribution in [1.29, 1.82) is 0 Å². The molecule has 1 saturated heterocycles. The first-order valence-electron chi connectivity index (χ1n) is 7.92. The van der Waals surface area contributed by atoms with Crippen molar-refractivity contribution in [2.24, 2.45) is 0 Å². The average molecular weight is 444 g/mol. The summed E-state index contributed by atoms with van der Waals surface area (Å²) < 4.78 is 73.6. The van der Waals surface area contributed by atoms with E-state index in [2.05, 4.69) is 10.2 Å². The Kier molecular flexibility index (Phi) is 14.8. The number of aliphatic carboxylic acids is 2. The van der Waals surface area contributed by atoms with Gasteiger partial charge in [-0.05, 0) is 0 Å². The van der Waals surface area contributed by atoms with E-state index in [0.717, 1.165) is 32.7 Å². The molecule has 1 aliphatic heterocycles. The SMILES string of the molecule is CC(=O)OCCOCCN1CCNCC1.O=C(O)C(F)(F)F.O=C(O)C(F)(F)F. The van der Waals surface area contributed by atoms with Crippen molar-refractivity contribution in [3.05, 3.63) is 0 Å². The van der Waals surface area contributed by atoms with E-state index in [1.54, 1.807) is 0 Å². The molecule has 0 atom stereocenters. The number of carboxylic acid groups (broad SMARTS) is 2. The van der Waals surface area contributed by atoms with Gasteiger partial charge in [0.2, 0.25) is 0 Å². The summed E-state index contributed by atoms with van der Waals surface area (Å²) in [5, 5.41) is 17.5. The van der Waals surface area contributed by atoms with Gasteiger partial charge in [0.25, 0.3) is 0 Å². The summed E-state index contributed by atoms with van der Waals surface area (Å²) in [5.41, 5.74) is 0. The quantitative estimate of drug-likeness (QED) is 0.309. The molecule has 0 radical (unpaired) electrons. The molecule has 0 saturated carbocycles. The number of hydrogen-bond donors (Lipinski definition) is 3. The number of alkyl halides is 6. The van der Waals surface area contributed by atoms with Gasteiger partial charge in [0, 0.05) is 39.6 Å². The van der Waals surface area contributed by atoms with Gasteiger partial charge in [-0.1, -0.05) is 0 Å².